The molecule has 8 heteroatoms. The number of rotatable bonds is 7. The normalized spacial score (nSPS) is 13.7. The standard InChI is InChI=1S/C18H20F2N2O3.ClH/c1-2-3-6-21-8-12-14(19)7-11-16(15(12)20)22(10-4-5-10)9-13(17(11)23)18(24)25;/h7,9-10,21H,2-6,8H2,1H3,(H,24,25);1H. The van der Waals surface area contributed by atoms with Crippen molar-refractivity contribution in [2.75, 3.05) is 6.54 Å². The van der Waals surface area contributed by atoms with Crippen LogP contribution in [0.1, 0.15) is 54.6 Å². The van der Waals surface area contributed by atoms with E-state index >= 15 is 4.39 Å². The van der Waals surface area contributed by atoms with Gasteiger partial charge < -0.3 is 15.0 Å². The maximum absolute atomic E-state index is 15.0. The lowest BCUT2D eigenvalue weighted by Gasteiger charge is -2.15. The van der Waals surface area contributed by atoms with Gasteiger partial charge in [-0.15, -0.1) is 12.4 Å². The molecule has 0 amide bonds. The Labute approximate surface area is 155 Å². The van der Waals surface area contributed by atoms with E-state index in [0.717, 1.165) is 31.7 Å². The van der Waals surface area contributed by atoms with Gasteiger partial charge in [-0.3, -0.25) is 4.79 Å². The molecule has 2 N–H and O–H groups in total. The van der Waals surface area contributed by atoms with Crippen LogP contribution >= 0.6 is 12.4 Å². The zero-order valence-electron chi connectivity index (χ0n) is 14.3. The molecule has 2 aromatic rings. The molecule has 0 saturated heterocycles. The van der Waals surface area contributed by atoms with E-state index in [9.17, 15) is 19.1 Å². The minimum atomic E-state index is -1.40. The predicted molar refractivity (Wildman–Crippen MR) is 97.2 cm³/mol. The highest BCUT2D eigenvalue weighted by Crippen LogP contribution is 2.38. The summed E-state index contributed by atoms with van der Waals surface area (Å²) in [5.74, 6) is -3.02. The molecule has 0 unspecified atom stereocenters. The van der Waals surface area contributed by atoms with Crippen molar-refractivity contribution < 1.29 is 18.7 Å². The van der Waals surface area contributed by atoms with Crippen LogP contribution in [-0.2, 0) is 6.54 Å². The molecule has 1 fully saturated rings. The molecule has 142 valence electrons. The Morgan fingerprint density at radius 3 is 2.65 bits per heavy atom. The third-order valence-corrected chi connectivity index (χ3v) is 4.48. The van der Waals surface area contributed by atoms with Gasteiger partial charge in [0.15, 0.2) is 5.82 Å². The number of nitrogens with zero attached hydrogens (tertiary/aromatic N) is 1. The van der Waals surface area contributed by atoms with Gasteiger partial charge >= 0.3 is 5.97 Å². The fourth-order valence-electron chi connectivity index (χ4n) is 2.95. The van der Waals surface area contributed by atoms with Crippen LogP contribution in [0.15, 0.2) is 17.1 Å². The van der Waals surface area contributed by atoms with E-state index in [4.69, 9.17) is 0 Å². The van der Waals surface area contributed by atoms with Crippen molar-refractivity contribution in [3.8, 4) is 0 Å². The fraction of sp³-hybridized carbons (Fsp3) is 0.444. The Hall–Kier alpha value is -1.99. The number of benzene rings is 1. The van der Waals surface area contributed by atoms with Crippen molar-refractivity contribution in [3.63, 3.8) is 0 Å². The highest BCUT2D eigenvalue weighted by Gasteiger charge is 2.29. The third kappa shape index (κ3) is 3.73. The van der Waals surface area contributed by atoms with E-state index in [0.29, 0.717) is 6.54 Å². The number of nitrogens with one attached hydrogen (secondary N) is 1. The van der Waals surface area contributed by atoms with E-state index in [-0.39, 0.29) is 41.5 Å². The second-order valence-corrected chi connectivity index (χ2v) is 6.39. The van der Waals surface area contributed by atoms with E-state index in [2.05, 4.69) is 5.32 Å². The number of halogens is 3. The Kier molecular flexibility index (Phi) is 6.36. The maximum Gasteiger partial charge on any atom is 0.341 e. The molecule has 0 bridgehead atoms. The summed E-state index contributed by atoms with van der Waals surface area (Å²) < 4.78 is 30.9. The Morgan fingerprint density at radius 1 is 1.38 bits per heavy atom. The number of unbranched alkanes of at least 4 members (excludes halogenated alkanes) is 1. The van der Waals surface area contributed by atoms with Gasteiger partial charge in [0.05, 0.1) is 10.9 Å². The largest absolute Gasteiger partial charge is 0.477 e. The molecule has 1 aromatic carbocycles. The Balaban J connectivity index is 0.00000243. The van der Waals surface area contributed by atoms with Crippen molar-refractivity contribution >= 4 is 29.3 Å². The number of fused-ring (bicyclic) bond motifs is 1. The molecule has 1 aliphatic carbocycles. The molecule has 1 aliphatic rings. The van der Waals surface area contributed by atoms with Gasteiger partial charge in [0.2, 0.25) is 5.43 Å². The first kappa shape index (κ1) is 20.3. The summed E-state index contributed by atoms with van der Waals surface area (Å²) in [7, 11) is 0. The number of hydrogen-bond acceptors (Lipinski definition) is 3. The molecule has 0 aliphatic heterocycles. The summed E-state index contributed by atoms with van der Waals surface area (Å²) in [6.07, 6.45) is 4.59. The number of carbonyl (C=O) groups is 1. The summed E-state index contributed by atoms with van der Waals surface area (Å²) in [5.41, 5.74) is -1.46. The summed E-state index contributed by atoms with van der Waals surface area (Å²) >= 11 is 0. The zero-order valence-corrected chi connectivity index (χ0v) is 15.2. The van der Waals surface area contributed by atoms with Crippen molar-refractivity contribution in [2.24, 2.45) is 0 Å². The average Bonchev–Trinajstić information content (AvgIpc) is 3.39. The molecule has 1 saturated carbocycles. The Morgan fingerprint density at radius 2 is 2.08 bits per heavy atom. The minimum Gasteiger partial charge on any atom is -0.477 e. The quantitative estimate of drug-likeness (QED) is 0.713. The molecular formula is C18H21ClF2N2O3. The van der Waals surface area contributed by atoms with Gasteiger partial charge in [-0.25, -0.2) is 13.6 Å². The zero-order chi connectivity index (χ0) is 18.1. The number of hydrogen-bond donors (Lipinski definition) is 2. The van der Waals surface area contributed by atoms with Gasteiger partial charge in [-0.1, -0.05) is 13.3 Å². The van der Waals surface area contributed by atoms with Crippen molar-refractivity contribution in [1.29, 1.82) is 0 Å². The average molecular weight is 387 g/mol. The van der Waals surface area contributed by atoms with Crippen molar-refractivity contribution in [1.82, 2.24) is 9.88 Å². The van der Waals surface area contributed by atoms with Crippen LogP contribution in [0, 0.1) is 11.6 Å². The predicted octanol–water partition coefficient (Wildman–Crippen LogP) is 3.62. The summed E-state index contributed by atoms with van der Waals surface area (Å²) in [4.78, 5) is 23.6. The van der Waals surface area contributed by atoms with Crippen LogP contribution in [-0.4, -0.2) is 22.2 Å². The molecule has 5 nitrogen and oxygen atoms in total. The smallest absolute Gasteiger partial charge is 0.341 e. The number of pyridine rings is 1. The molecule has 0 spiro atoms. The second kappa shape index (κ2) is 8.14. The first-order valence-electron chi connectivity index (χ1n) is 8.45. The topological polar surface area (TPSA) is 71.3 Å². The lowest BCUT2D eigenvalue weighted by Crippen LogP contribution is -2.22. The first-order valence-corrected chi connectivity index (χ1v) is 8.45. The monoisotopic (exact) mass is 386 g/mol. The molecule has 0 atom stereocenters. The lowest BCUT2D eigenvalue weighted by atomic mass is 10.1. The lowest BCUT2D eigenvalue weighted by molar-refractivity contribution is 0.0695. The van der Waals surface area contributed by atoms with Crippen LogP contribution in [0.3, 0.4) is 0 Å². The molecular weight excluding hydrogens is 366 g/mol. The summed E-state index contributed by atoms with van der Waals surface area (Å²) in [5, 5.41) is 12.0. The molecule has 1 heterocycles. The van der Waals surface area contributed by atoms with Crippen LogP contribution < -0.4 is 10.7 Å². The van der Waals surface area contributed by atoms with Gasteiger partial charge in [0.25, 0.3) is 0 Å². The Bertz CT molecular complexity index is 894. The van der Waals surface area contributed by atoms with Crippen molar-refractivity contribution in [2.45, 2.75) is 45.2 Å². The third-order valence-electron chi connectivity index (χ3n) is 4.48. The van der Waals surface area contributed by atoms with Gasteiger partial charge in [-0.2, -0.15) is 0 Å². The molecule has 3 rings (SSSR count). The van der Waals surface area contributed by atoms with E-state index < -0.39 is 28.6 Å². The molecule has 0 radical (unpaired) electrons. The number of aromatic nitrogens is 1. The van der Waals surface area contributed by atoms with Crippen molar-refractivity contribution in [3.05, 3.63) is 45.2 Å². The van der Waals surface area contributed by atoms with Gasteiger partial charge in [-0.05, 0) is 31.9 Å². The highest BCUT2D eigenvalue weighted by atomic mass is 35.5. The SMILES string of the molecule is CCCCNCc1c(F)cc2c(=O)c(C(=O)O)cn(C3CC3)c2c1F.Cl. The number of aromatic carboxylic acids is 1. The number of carboxylic acid groups (broad SMARTS) is 1. The number of carboxylic acids is 1. The maximum atomic E-state index is 15.0. The first-order chi connectivity index (χ1) is 12.0. The van der Waals surface area contributed by atoms with E-state index in [1.807, 2.05) is 6.92 Å². The summed E-state index contributed by atoms with van der Waals surface area (Å²) in [6, 6.07) is 0.908. The highest BCUT2D eigenvalue weighted by molar-refractivity contribution is 5.93. The second-order valence-electron chi connectivity index (χ2n) is 6.39. The molecule has 26 heavy (non-hydrogen) atoms. The van der Waals surface area contributed by atoms with Crippen LogP contribution in [0.4, 0.5) is 8.78 Å². The van der Waals surface area contributed by atoms with Gasteiger partial charge in [0, 0.05) is 24.3 Å². The fourth-order valence-corrected chi connectivity index (χ4v) is 2.95. The molecule has 1 aromatic heterocycles. The van der Waals surface area contributed by atoms with E-state index in [1.165, 1.54) is 10.8 Å². The van der Waals surface area contributed by atoms with E-state index in [1.54, 1.807) is 0 Å². The van der Waals surface area contributed by atoms with Crippen LogP contribution in [0.2, 0.25) is 0 Å². The van der Waals surface area contributed by atoms with Crippen LogP contribution in [0.25, 0.3) is 10.9 Å². The minimum absolute atomic E-state index is 0. The summed E-state index contributed by atoms with van der Waals surface area (Å²) in [6.45, 7) is 2.68. The van der Waals surface area contributed by atoms with Gasteiger partial charge in [0.1, 0.15) is 11.4 Å². The van der Waals surface area contributed by atoms with Crippen LogP contribution in [0.5, 0.6) is 0 Å².